The van der Waals surface area contributed by atoms with Crippen molar-refractivity contribution in [1.82, 2.24) is 0 Å². The van der Waals surface area contributed by atoms with Crippen molar-refractivity contribution in [3.8, 4) is 0 Å². The number of hydrogen-bond donors (Lipinski definition) is 2. The minimum Gasteiger partial charge on any atom is -0.277 e. The molecule has 0 saturated heterocycles. The van der Waals surface area contributed by atoms with Crippen molar-refractivity contribution in [2.75, 3.05) is 12.4 Å². The van der Waals surface area contributed by atoms with Crippen LogP contribution in [-0.2, 0) is 6.18 Å². The summed E-state index contributed by atoms with van der Waals surface area (Å²) in [7, 11) is 1.56. The number of nitro groups is 1. The van der Waals surface area contributed by atoms with Gasteiger partial charge in [-0.3, -0.25) is 15.1 Å². The van der Waals surface area contributed by atoms with Crippen LogP contribution in [0.25, 0.3) is 0 Å². The molecule has 120 valence electrons. The molecule has 0 aliphatic heterocycles. The third kappa shape index (κ3) is 4.06. The molecule has 0 aromatic heterocycles. The van der Waals surface area contributed by atoms with E-state index in [1.54, 1.807) is 13.1 Å². The Kier molecular flexibility index (Phi) is 4.63. The lowest BCUT2D eigenvalue weighted by Crippen LogP contribution is -2.70. The van der Waals surface area contributed by atoms with E-state index in [0.29, 0.717) is 11.4 Å². The fourth-order valence-corrected chi connectivity index (χ4v) is 1.97. The van der Waals surface area contributed by atoms with Gasteiger partial charge in [-0.15, -0.1) is 0 Å². The first-order valence-corrected chi connectivity index (χ1v) is 6.55. The van der Waals surface area contributed by atoms with Gasteiger partial charge in [0.1, 0.15) is 5.69 Å². The molecule has 0 saturated carbocycles. The largest absolute Gasteiger partial charge is 0.416 e. The second kappa shape index (κ2) is 6.47. The Bertz CT molecular complexity index is 758. The zero-order valence-electron chi connectivity index (χ0n) is 12.0. The summed E-state index contributed by atoms with van der Waals surface area (Å²) in [5.41, 5.74) is -0.215. The van der Waals surface area contributed by atoms with Crippen LogP contribution in [0.5, 0.6) is 0 Å². The zero-order valence-corrected chi connectivity index (χ0v) is 12.0. The lowest BCUT2D eigenvalue weighted by atomic mass is 10.1. The van der Waals surface area contributed by atoms with Gasteiger partial charge in [-0.05, 0) is 24.3 Å². The highest BCUT2D eigenvalue weighted by Gasteiger charge is 2.31. The van der Waals surface area contributed by atoms with E-state index >= 15 is 0 Å². The maximum atomic E-state index is 12.7. The molecule has 2 N–H and O–H groups in total. The number of nitro benzene ring substituents is 1. The van der Waals surface area contributed by atoms with E-state index in [9.17, 15) is 23.3 Å². The molecule has 0 fully saturated rings. The normalized spacial score (nSPS) is 12.1. The molecule has 2 aromatic rings. The highest BCUT2D eigenvalue weighted by molar-refractivity contribution is 6.04. The lowest BCUT2D eigenvalue weighted by molar-refractivity contribution is -0.419. The van der Waals surface area contributed by atoms with E-state index in [2.05, 4.69) is 10.3 Å². The van der Waals surface area contributed by atoms with Crippen molar-refractivity contribution < 1.29 is 23.1 Å². The average molecular weight is 324 g/mol. The summed E-state index contributed by atoms with van der Waals surface area (Å²) in [5, 5.41) is 13.6. The molecule has 0 atom stereocenters. The number of nitrogens with zero attached hydrogens (tertiary/aromatic N) is 1. The van der Waals surface area contributed by atoms with E-state index < -0.39 is 16.7 Å². The molecule has 0 spiro atoms. The first-order valence-electron chi connectivity index (χ1n) is 6.55. The van der Waals surface area contributed by atoms with Gasteiger partial charge in [0.15, 0.2) is 0 Å². The van der Waals surface area contributed by atoms with Gasteiger partial charge in [0.05, 0.1) is 23.1 Å². The topological polar surface area (TPSA) is 69.1 Å². The van der Waals surface area contributed by atoms with Crippen LogP contribution < -0.4 is 10.3 Å². The minimum atomic E-state index is -4.44. The summed E-state index contributed by atoms with van der Waals surface area (Å²) in [6, 6.07) is 10.5. The predicted octanol–water partition coefficient (Wildman–Crippen LogP) is 2.18. The molecule has 8 heteroatoms. The van der Waals surface area contributed by atoms with Crippen LogP contribution in [0.3, 0.4) is 0 Å². The van der Waals surface area contributed by atoms with Crippen molar-refractivity contribution in [2.45, 2.75) is 6.18 Å². The molecule has 0 aliphatic rings. The summed E-state index contributed by atoms with van der Waals surface area (Å²) < 4.78 is 38.2. The Morgan fingerprint density at radius 3 is 2.48 bits per heavy atom. The van der Waals surface area contributed by atoms with Crippen molar-refractivity contribution in [2.24, 2.45) is 0 Å². The van der Waals surface area contributed by atoms with Crippen molar-refractivity contribution >= 4 is 17.2 Å². The van der Waals surface area contributed by atoms with Gasteiger partial charge in [-0.25, -0.2) is 5.32 Å². The van der Waals surface area contributed by atoms with Crippen molar-refractivity contribution in [1.29, 1.82) is 0 Å². The van der Waals surface area contributed by atoms with E-state index in [1.807, 2.05) is 0 Å². The Morgan fingerprint density at radius 1 is 1.17 bits per heavy atom. The van der Waals surface area contributed by atoms with Gasteiger partial charge in [0, 0.05) is 12.1 Å². The second-order valence-electron chi connectivity index (χ2n) is 4.64. The summed E-state index contributed by atoms with van der Waals surface area (Å²) in [5.74, 6) is 0.355. The smallest absolute Gasteiger partial charge is 0.277 e. The van der Waals surface area contributed by atoms with E-state index in [4.69, 9.17) is 0 Å². The highest BCUT2D eigenvalue weighted by atomic mass is 19.4. The lowest BCUT2D eigenvalue weighted by Gasteiger charge is -2.08. The van der Waals surface area contributed by atoms with E-state index in [0.717, 1.165) is 12.1 Å². The number of halogens is 3. The predicted molar refractivity (Wildman–Crippen MR) is 79.2 cm³/mol. The summed E-state index contributed by atoms with van der Waals surface area (Å²) in [6.07, 6.45) is -4.44. The Labute approximate surface area is 129 Å². The quantitative estimate of drug-likeness (QED) is 0.393. The fraction of sp³-hybridized carbons (Fsp3) is 0.133. The molecular weight excluding hydrogens is 311 g/mol. The number of hydrogen-bond acceptors (Lipinski definition) is 2. The van der Waals surface area contributed by atoms with Crippen LogP contribution in [0.1, 0.15) is 11.1 Å². The van der Waals surface area contributed by atoms with Crippen LogP contribution in [0, 0.1) is 10.1 Å². The molecular formula is C15H13F3N3O2+. The highest BCUT2D eigenvalue weighted by Crippen LogP contribution is 2.30. The number of amidine groups is 1. The number of benzene rings is 2. The zero-order chi connectivity index (χ0) is 17.0. The number of alkyl halides is 3. The Hall–Kier alpha value is -2.90. The summed E-state index contributed by atoms with van der Waals surface area (Å²) in [6.45, 7) is 0. The van der Waals surface area contributed by atoms with Gasteiger partial charge in [-0.2, -0.15) is 13.2 Å². The van der Waals surface area contributed by atoms with Crippen LogP contribution in [0.2, 0.25) is 0 Å². The van der Waals surface area contributed by atoms with E-state index in [1.165, 1.54) is 30.3 Å². The molecule has 0 amide bonds. The van der Waals surface area contributed by atoms with Gasteiger partial charge >= 0.3 is 6.18 Å². The summed E-state index contributed by atoms with van der Waals surface area (Å²) in [4.78, 5) is 13.1. The first kappa shape index (κ1) is 16.5. The van der Waals surface area contributed by atoms with Crippen LogP contribution in [0.15, 0.2) is 48.5 Å². The van der Waals surface area contributed by atoms with E-state index in [-0.39, 0.29) is 11.4 Å². The Morgan fingerprint density at radius 2 is 1.87 bits per heavy atom. The van der Waals surface area contributed by atoms with Crippen LogP contribution in [-0.4, -0.2) is 17.8 Å². The third-order valence-corrected chi connectivity index (χ3v) is 3.05. The fourth-order valence-electron chi connectivity index (χ4n) is 1.97. The molecule has 0 radical (unpaired) electrons. The Balaban J connectivity index is 2.31. The number of nitrogens with one attached hydrogen (secondary N) is 2. The van der Waals surface area contributed by atoms with Crippen molar-refractivity contribution in [3.63, 3.8) is 0 Å². The standard InChI is InChI=1S/C15H12F3N3O2/c1-19-14(10-4-2-7-13(8-10)21(22)23)20-12-6-3-5-11(9-12)15(16,17)18/h2-9H,1H3,(H,19,20)/p+1. The van der Waals surface area contributed by atoms with Crippen LogP contribution in [0.4, 0.5) is 24.5 Å². The van der Waals surface area contributed by atoms with Crippen LogP contribution >= 0.6 is 0 Å². The van der Waals surface area contributed by atoms with Crippen molar-refractivity contribution in [3.05, 3.63) is 69.8 Å². The number of rotatable bonds is 3. The molecule has 0 aliphatic carbocycles. The molecule has 0 bridgehead atoms. The minimum absolute atomic E-state index is 0.110. The molecule has 5 nitrogen and oxygen atoms in total. The molecule has 2 rings (SSSR count). The van der Waals surface area contributed by atoms with Gasteiger partial charge in [0.2, 0.25) is 0 Å². The monoisotopic (exact) mass is 324 g/mol. The molecule has 0 unspecified atom stereocenters. The maximum absolute atomic E-state index is 12.7. The SMILES string of the molecule is C[NH+]=C(Nc1cccc(C(F)(F)F)c1)c1cccc([N+](=O)[O-])c1. The third-order valence-electron chi connectivity index (χ3n) is 3.05. The molecule has 23 heavy (non-hydrogen) atoms. The van der Waals surface area contributed by atoms with Gasteiger partial charge in [-0.1, -0.05) is 12.1 Å². The second-order valence-corrected chi connectivity index (χ2v) is 4.64. The van der Waals surface area contributed by atoms with Gasteiger partial charge < -0.3 is 0 Å². The van der Waals surface area contributed by atoms with Gasteiger partial charge in [0.25, 0.3) is 11.5 Å². The number of anilines is 1. The molecule has 2 aromatic carbocycles. The first-order chi connectivity index (χ1) is 10.8. The summed E-state index contributed by atoms with van der Waals surface area (Å²) >= 11 is 0. The average Bonchev–Trinajstić information content (AvgIpc) is 2.52. The maximum Gasteiger partial charge on any atom is 0.416 e. The number of non-ortho nitro benzene ring substituents is 1. The molecule has 0 heterocycles.